The molecule has 1 aromatic heterocycles. The summed E-state index contributed by atoms with van der Waals surface area (Å²) in [4.78, 5) is 6.17. The van der Waals surface area contributed by atoms with Crippen molar-refractivity contribution in [3.05, 3.63) is 41.2 Å². The Morgan fingerprint density at radius 1 is 1.25 bits per heavy atom. The molecule has 0 spiro atoms. The predicted molar refractivity (Wildman–Crippen MR) is 85.7 cm³/mol. The zero-order chi connectivity index (χ0) is 13.9. The fourth-order valence-corrected chi connectivity index (χ4v) is 3.78. The van der Waals surface area contributed by atoms with E-state index in [1.807, 2.05) is 0 Å². The summed E-state index contributed by atoms with van der Waals surface area (Å²) < 4.78 is 0. The minimum Gasteiger partial charge on any atom is -0.364 e. The van der Waals surface area contributed by atoms with Crippen LogP contribution < -0.4 is 0 Å². The molecule has 2 nitrogen and oxygen atoms in total. The summed E-state index contributed by atoms with van der Waals surface area (Å²) in [6.07, 6.45) is 12.9. The lowest BCUT2D eigenvalue weighted by Gasteiger charge is -2.38. The first kappa shape index (κ1) is 13.7. The maximum Gasteiger partial charge on any atom is 0.0371 e. The van der Waals surface area contributed by atoms with Crippen LogP contribution in [0.4, 0.5) is 0 Å². The molecule has 0 radical (unpaired) electrons. The van der Waals surface area contributed by atoms with Crippen LogP contribution >= 0.6 is 0 Å². The number of rotatable bonds is 5. The van der Waals surface area contributed by atoms with Crippen molar-refractivity contribution in [1.29, 1.82) is 0 Å². The van der Waals surface area contributed by atoms with Gasteiger partial charge in [0.2, 0.25) is 0 Å². The highest BCUT2D eigenvalue weighted by Gasteiger charge is 2.31. The summed E-state index contributed by atoms with van der Waals surface area (Å²) in [6, 6.07) is 2.86. The van der Waals surface area contributed by atoms with Gasteiger partial charge in [0, 0.05) is 29.9 Å². The first-order valence-corrected chi connectivity index (χ1v) is 8.15. The molecule has 108 valence electrons. The molecule has 20 heavy (non-hydrogen) atoms. The Morgan fingerprint density at radius 3 is 2.80 bits per heavy atom. The summed E-state index contributed by atoms with van der Waals surface area (Å²) in [7, 11) is 0. The Hall–Kier alpha value is -1.28. The Balaban J connectivity index is 1.97. The average Bonchev–Trinajstić information content (AvgIpc) is 2.95. The van der Waals surface area contributed by atoms with Gasteiger partial charge in [-0.1, -0.05) is 26.0 Å². The number of aromatic nitrogens is 1. The summed E-state index contributed by atoms with van der Waals surface area (Å²) >= 11 is 0. The second-order valence-electron chi connectivity index (χ2n) is 6.01. The lowest BCUT2D eigenvalue weighted by atomic mass is 9.80. The predicted octanol–water partition coefficient (Wildman–Crippen LogP) is 4.17. The van der Waals surface area contributed by atoms with Crippen LogP contribution in [0.5, 0.6) is 0 Å². The number of aromatic amines is 1. The van der Waals surface area contributed by atoms with E-state index in [0.717, 1.165) is 6.42 Å². The van der Waals surface area contributed by atoms with Gasteiger partial charge >= 0.3 is 0 Å². The van der Waals surface area contributed by atoms with E-state index in [1.165, 1.54) is 55.6 Å². The Kier molecular flexibility index (Phi) is 4.11. The molecule has 1 N–H and O–H groups in total. The van der Waals surface area contributed by atoms with E-state index in [0.29, 0.717) is 6.04 Å². The van der Waals surface area contributed by atoms with E-state index in [4.69, 9.17) is 0 Å². The van der Waals surface area contributed by atoms with Crippen LogP contribution in [0.1, 0.15) is 50.8 Å². The van der Waals surface area contributed by atoms with Gasteiger partial charge in [0.15, 0.2) is 0 Å². The zero-order valence-corrected chi connectivity index (χ0v) is 12.8. The highest BCUT2D eigenvalue weighted by molar-refractivity contribution is 5.81. The molecule has 0 aromatic carbocycles. The number of hydrogen-bond donors (Lipinski definition) is 1. The van der Waals surface area contributed by atoms with E-state index in [2.05, 4.69) is 48.1 Å². The van der Waals surface area contributed by atoms with E-state index in [9.17, 15) is 0 Å². The van der Waals surface area contributed by atoms with Crippen molar-refractivity contribution in [3.8, 4) is 0 Å². The summed E-state index contributed by atoms with van der Waals surface area (Å²) in [5.74, 6) is 0. The molecular weight excluding hydrogens is 244 g/mol. The van der Waals surface area contributed by atoms with Crippen molar-refractivity contribution < 1.29 is 0 Å². The maximum atomic E-state index is 3.46. The lowest BCUT2D eigenvalue weighted by Crippen LogP contribution is -2.41. The monoisotopic (exact) mass is 270 g/mol. The third-order valence-electron chi connectivity index (χ3n) is 4.60. The molecule has 0 bridgehead atoms. The minimum absolute atomic E-state index is 0.612. The maximum absolute atomic E-state index is 3.46. The Morgan fingerprint density at radius 2 is 2.05 bits per heavy atom. The molecule has 2 heteroatoms. The van der Waals surface area contributed by atoms with Gasteiger partial charge in [-0.3, -0.25) is 4.90 Å². The van der Waals surface area contributed by atoms with Crippen molar-refractivity contribution >= 4 is 5.57 Å². The molecule has 0 amide bonds. The molecule has 0 fully saturated rings. The zero-order valence-electron chi connectivity index (χ0n) is 12.8. The molecule has 2 aliphatic rings. The Labute approximate surface area is 122 Å². The molecular formula is C18H26N2. The van der Waals surface area contributed by atoms with Gasteiger partial charge in [-0.15, -0.1) is 0 Å². The first-order valence-electron chi connectivity index (χ1n) is 8.15. The number of hydrogen-bond acceptors (Lipinski definition) is 1. The molecule has 0 saturated heterocycles. The van der Waals surface area contributed by atoms with Crippen LogP contribution in [0.15, 0.2) is 30.0 Å². The number of nitrogens with one attached hydrogen (secondary N) is 1. The van der Waals surface area contributed by atoms with Crippen LogP contribution in [0, 0.1) is 0 Å². The Bertz CT molecular complexity index is 515. The molecule has 0 aliphatic heterocycles. The van der Waals surface area contributed by atoms with Crippen molar-refractivity contribution in [3.63, 3.8) is 0 Å². The van der Waals surface area contributed by atoms with Crippen LogP contribution in [0.2, 0.25) is 0 Å². The molecule has 2 aliphatic carbocycles. The van der Waals surface area contributed by atoms with Gasteiger partial charge in [0.05, 0.1) is 0 Å². The molecule has 0 saturated carbocycles. The summed E-state index contributed by atoms with van der Waals surface area (Å²) in [5, 5.41) is 0. The second kappa shape index (κ2) is 6.01. The second-order valence-corrected chi connectivity index (χ2v) is 6.01. The van der Waals surface area contributed by atoms with E-state index in [-0.39, 0.29) is 0 Å². The van der Waals surface area contributed by atoms with Crippen LogP contribution in [0.3, 0.4) is 0 Å². The van der Waals surface area contributed by atoms with Gasteiger partial charge in [0.25, 0.3) is 0 Å². The highest BCUT2D eigenvalue weighted by Crippen LogP contribution is 2.38. The largest absolute Gasteiger partial charge is 0.364 e. The van der Waals surface area contributed by atoms with Gasteiger partial charge in [-0.2, -0.15) is 0 Å². The number of fused-ring (bicyclic) bond motifs is 2. The number of H-pyrrole nitrogens is 1. The fourth-order valence-electron chi connectivity index (χ4n) is 3.78. The van der Waals surface area contributed by atoms with Gasteiger partial charge < -0.3 is 4.98 Å². The third kappa shape index (κ3) is 2.37. The van der Waals surface area contributed by atoms with Gasteiger partial charge in [-0.25, -0.2) is 0 Å². The first-order chi connectivity index (χ1) is 9.85. The molecule has 1 unspecified atom stereocenters. The van der Waals surface area contributed by atoms with Crippen LogP contribution in [0.25, 0.3) is 5.57 Å². The van der Waals surface area contributed by atoms with Crippen molar-refractivity contribution in [2.75, 3.05) is 13.1 Å². The van der Waals surface area contributed by atoms with E-state index >= 15 is 0 Å². The van der Waals surface area contributed by atoms with Crippen molar-refractivity contribution in [2.24, 2.45) is 0 Å². The molecule has 3 rings (SSSR count). The number of allylic oxidation sites excluding steroid dienone is 3. The van der Waals surface area contributed by atoms with Crippen molar-refractivity contribution in [1.82, 2.24) is 9.88 Å². The average molecular weight is 270 g/mol. The standard InChI is InChI=1S/C18H26N2/c1-3-11-20(12-4-2)18-13-17-15(9-10-19-17)14-7-5-6-8-16(14)18/h5,7,9-10,18-19H,3-4,6,8,11-13H2,1-2H3. The van der Waals surface area contributed by atoms with E-state index in [1.54, 1.807) is 5.57 Å². The SMILES string of the molecule is CCCN(CCC)C1Cc2[nH]ccc2C2=C1CCC=C2. The number of nitrogens with zero attached hydrogens (tertiary/aromatic N) is 1. The molecule has 1 heterocycles. The van der Waals surface area contributed by atoms with Gasteiger partial charge in [0.1, 0.15) is 0 Å². The summed E-state index contributed by atoms with van der Waals surface area (Å²) in [6.45, 7) is 7.02. The quantitative estimate of drug-likeness (QED) is 0.851. The normalized spacial score (nSPS) is 21.2. The third-order valence-corrected chi connectivity index (χ3v) is 4.60. The van der Waals surface area contributed by atoms with Crippen LogP contribution in [-0.2, 0) is 6.42 Å². The van der Waals surface area contributed by atoms with Crippen molar-refractivity contribution in [2.45, 2.75) is 52.0 Å². The molecule has 1 atom stereocenters. The van der Waals surface area contributed by atoms with Crippen LogP contribution in [-0.4, -0.2) is 29.0 Å². The lowest BCUT2D eigenvalue weighted by molar-refractivity contribution is 0.214. The highest BCUT2D eigenvalue weighted by atomic mass is 15.2. The summed E-state index contributed by atoms with van der Waals surface area (Å²) in [5.41, 5.74) is 6.06. The smallest absolute Gasteiger partial charge is 0.0371 e. The fraction of sp³-hybridized carbons (Fsp3) is 0.556. The topological polar surface area (TPSA) is 19.0 Å². The minimum atomic E-state index is 0.612. The van der Waals surface area contributed by atoms with E-state index < -0.39 is 0 Å². The van der Waals surface area contributed by atoms with Gasteiger partial charge in [-0.05, 0) is 56.0 Å². The molecule has 1 aromatic rings.